The van der Waals surface area contributed by atoms with Crippen LogP contribution in [0, 0.1) is 6.92 Å². The van der Waals surface area contributed by atoms with Gasteiger partial charge in [-0.2, -0.15) is 5.10 Å². The lowest BCUT2D eigenvalue weighted by molar-refractivity contribution is -0.155. The molecule has 1 atom stereocenters. The summed E-state index contributed by atoms with van der Waals surface area (Å²) in [6.07, 6.45) is 2.95. The van der Waals surface area contributed by atoms with Gasteiger partial charge in [-0.1, -0.05) is 30.3 Å². The summed E-state index contributed by atoms with van der Waals surface area (Å²) in [5.41, 5.74) is 0.944. The molecule has 3 amide bonds. The van der Waals surface area contributed by atoms with Crippen LogP contribution in [0.1, 0.15) is 56.6 Å². The third kappa shape index (κ3) is 8.62. The minimum absolute atomic E-state index is 0.0133. The number of nitrogens with zero attached hydrogens (tertiary/aromatic N) is 6. The summed E-state index contributed by atoms with van der Waals surface area (Å²) in [6.45, 7) is 10.2. The Morgan fingerprint density at radius 2 is 1.68 bits per heavy atom. The molecule has 44 heavy (non-hydrogen) atoms. The average Bonchev–Trinajstić information content (AvgIpc) is 3.44. The van der Waals surface area contributed by atoms with Crippen LogP contribution in [0.5, 0.6) is 0 Å². The fraction of sp³-hybridized carbons (Fsp3) is 0.452. The van der Waals surface area contributed by atoms with Gasteiger partial charge in [0.15, 0.2) is 11.6 Å². The zero-order valence-electron chi connectivity index (χ0n) is 25.8. The number of nitrogens with one attached hydrogen (secondary N) is 1. The van der Waals surface area contributed by atoms with E-state index in [0.717, 1.165) is 5.56 Å². The normalized spacial score (nSPS) is 14.1. The van der Waals surface area contributed by atoms with Gasteiger partial charge in [-0.3, -0.25) is 14.4 Å². The Bertz CT molecular complexity index is 1480. The lowest BCUT2D eigenvalue weighted by Crippen LogP contribution is -2.56. The van der Waals surface area contributed by atoms with Crippen molar-refractivity contribution in [1.82, 2.24) is 34.9 Å². The number of amides is 3. The van der Waals surface area contributed by atoms with Crippen LogP contribution in [-0.4, -0.2) is 97.9 Å². The van der Waals surface area contributed by atoms with Gasteiger partial charge < -0.3 is 24.6 Å². The maximum atomic E-state index is 13.7. The molecule has 1 saturated heterocycles. The number of esters is 1. The Labute approximate surface area is 256 Å². The molecule has 13 nitrogen and oxygen atoms in total. The van der Waals surface area contributed by atoms with Crippen molar-refractivity contribution in [1.29, 1.82) is 0 Å². The van der Waals surface area contributed by atoms with Crippen molar-refractivity contribution in [3.63, 3.8) is 0 Å². The molecule has 1 aliphatic rings. The van der Waals surface area contributed by atoms with E-state index in [0.29, 0.717) is 17.2 Å². The molecular weight excluding hydrogens is 566 g/mol. The molecule has 0 saturated carbocycles. The monoisotopic (exact) mass is 605 g/mol. The smallest absolute Gasteiger partial charge is 0.409 e. The van der Waals surface area contributed by atoms with Gasteiger partial charge in [0.2, 0.25) is 5.91 Å². The highest BCUT2D eigenvalue weighted by Gasteiger charge is 2.32. The number of hydrogen-bond donors (Lipinski definition) is 1. The summed E-state index contributed by atoms with van der Waals surface area (Å²) in [6, 6.07) is 9.67. The standard InChI is InChI=1S/C31H39N7O6/c1-6-43-30(42)37-16-14-36(15-17-37)29(41)23(12-13-26(39)44-31(3,4)5)34-28(40)24-18-25(38-20-21(2)19-32-38)35-27(33-24)22-10-8-7-9-11-22/h7-11,18-20,23H,6,12-17H2,1-5H3,(H,34,40)/t23-/m0/s1. The first-order valence-electron chi connectivity index (χ1n) is 14.6. The van der Waals surface area contributed by atoms with Crippen LogP contribution in [0.2, 0.25) is 0 Å². The van der Waals surface area contributed by atoms with E-state index in [1.165, 1.54) is 11.0 Å². The number of carbonyl (C=O) groups is 4. The molecular formula is C31H39N7O6. The molecule has 3 aromatic rings. The SMILES string of the molecule is CCOC(=O)N1CCN(C(=O)[C@H](CCC(=O)OC(C)(C)C)NC(=O)c2cc(-n3cc(C)cn3)nc(-c3ccccc3)n2)CC1. The number of piperazine rings is 1. The van der Waals surface area contributed by atoms with Crippen LogP contribution in [0.25, 0.3) is 17.2 Å². The quantitative estimate of drug-likeness (QED) is 0.363. The van der Waals surface area contributed by atoms with E-state index in [-0.39, 0.29) is 57.2 Å². The minimum atomic E-state index is -1.05. The first-order chi connectivity index (χ1) is 20.9. The van der Waals surface area contributed by atoms with Crippen LogP contribution in [0.3, 0.4) is 0 Å². The molecule has 2 aromatic heterocycles. The van der Waals surface area contributed by atoms with Gasteiger partial charge in [0, 0.05) is 50.4 Å². The number of hydrogen-bond acceptors (Lipinski definition) is 9. The first-order valence-corrected chi connectivity index (χ1v) is 14.6. The van der Waals surface area contributed by atoms with E-state index in [2.05, 4.69) is 20.4 Å². The molecule has 1 aromatic carbocycles. The summed E-state index contributed by atoms with van der Waals surface area (Å²) < 4.78 is 12.1. The number of aryl methyl sites for hydroxylation is 1. The molecule has 0 aliphatic carbocycles. The largest absolute Gasteiger partial charge is 0.460 e. The third-order valence-corrected chi connectivity index (χ3v) is 6.70. The molecule has 4 rings (SSSR count). The number of aromatic nitrogens is 4. The van der Waals surface area contributed by atoms with Crippen molar-refractivity contribution in [2.45, 2.75) is 59.1 Å². The molecule has 234 valence electrons. The maximum absolute atomic E-state index is 13.7. The zero-order chi connectivity index (χ0) is 31.9. The van der Waals surface area contributed by atoms with Gasteiger partial charge in [0.05, 0.1) is 12.8 Å². The van der Waals surface area contributed by atoms with Gasteiger partial charge in [0.1, 0.15) is 17.3 Å². The van der Waals surface area contributed by atoms with Crippen LogP contribution in [0.4, 0.5) is 4.79 Å². The van der Waals surface area contributed by atoms with E-state index in [4.69, 9.17) is 9.47 Å². The second kappa shape index (κ2) is 14.1. The fourth-order valence-electron chi connectivity index (χ4n) is 4.61. The molecule has 1 N–H and O–H groups in total. The summed E-state index contributed by atoms with van der Waals surface area (Å²) in [4.78, 5) is 64.4. The van der Waals surface area contributed by atoms with Crippen molar-refractivity contribution in [3.8, 4) is 17.2 Å². The molecule has 13 heteroatoms. The van der Waals surface area contributed by atoms with Crippen LogP contribution in [-0.2, 0) is 19.1 Å². The molecule has 0 bridgehead atoms. The zero-order valence-corrected chi connectivity index (χ0v) is 25.8. The Balaban J connectivity index is 1.58. The van der Waals surface area contributed by atoms with E-state index >= 15 is 0 Å². The van der Waals surface area contributed by atoms with Gasteiger partial charge in [-0.15, -0.1) is 0 Å². The molecule has 1 aliphatic heterocycles. The number of ether oxygens (including phenoxy) is 2. The summed E-state index contributed by atoms with van der Waals surface area (Å²) >= 11 is 0. The highest BCUT2D eigenvalue weighted by Crippen LogP contribution is 2.19. The van der Waals surface area contributed by atoms with Crippen molar-refractivity contribution in [2.24, 2.45) is 0 Å². The Morgan fingerprint density at radius 3 is 2.30 bits per heavy atom. The Hall–Kier alpha value is -4.81. The van der Waals surface area contributed by atoms with Crippen LogP contribution < -0.4 is 5.32 Å². The maximum Gasteiger partial charge on any atom is 0.409 e. The summed E-state index contributed by atoms with van der Waals surface area (Å²) in [7, 11) is 0. The Morgan fingerprint density at radius 1 is 1.00 bits per heavy atom. The first kappa shape index (κ1) is 32.1. The average molecular weight is 606 g/mol. The highest BCUT2D eigenvalue weighted by atomic mass is 16.6. The molecule has 0 radical (unpaired) electrons. The highest BCUT2D eigenvalue weighted by molar-refractivity contribution is 5.97. The minimum Gasteiger partial charge on any atom is -0.460 e. The number of carbonyl (C=O) groups excluding carboxylic acids is 4. The lowest BCUT2D eigenvalue weighted by Gasteiger charge is -2.36. The summed E-state index contributed by atoms with van der Waals surface area (Å²) in [5.74, 6) is -0.772. The van der Waals surface area contributed by atoms with E-state index in [1.807, 2.05) is 37.3 Å². The summed E-state index contributed by atoms with van der Waals surface area (Å²) in [5, 5.41) is 7.13. The topological polar surface area (TPSA) is 149 Å². The van der Waals surface area contributed by atoms with Crippen LogP contribution >= 0.6 is 0 Å². The molecule has 3 heterocycles. The van der Waals surface area contributed by atoms with Gasteiger partial charge >= 0.3 is 12.1 Å². The fourth-order valence-corrected chi connectivity index (χ4v) is 4.61. The van der Waals surface area contributed by atoms with Crippen molar-refractivity contribution >= 4 is 23.9 Å². The van der Waals surface area contributed by atoms with Gasteiger partial charge in [-0.25, -0.2) is 19.4 Å². The van der Waals surface area contributed by atoms with Crippen molar-refractivity contribution in [2.75, 3.05) is 32.8 Å². The van der Waals surface area contributed by atoms with E-state index < -0.39 is 29.6 Å². The molecule has 0 spiro atoms. The van der Waals surface area contributed by atoms with Crippen LogP contribution in [0.15, 0.2) is 48.8 Å². The van der Waals surface area contributed by atoms with Crippen molar-refractivity contribution in [3.05, 3.63) is 60.0 Å². The number of benzene rings is 1. The van der Waals surface area contributed by atoms with E-state index in [9.17, 15) is 19.2 Å². The molecule has 1 fully saturated rings. The lowest BCUT2D eigenvalue weighted by atomic mass is 10.1. The molecule has 0 unspecified atom stereocenters. The Kier molecular flexibility index (Phi) is 10.3. The third-order valence-electron chi connectivity index (χ3n) is 6.70. The second-order valence-electron chi connectivity index (χ2n) is 11.4. The predicted molar refractivity (Wildman–Crippen MR) is 161 cm³/mol. The van der Waals surface area contributed by atoms with Gasteiger partial charge in [-0.05, 0) is 46.6 Å². The van der Waals surface area contributed by atoms with E-state index in [1.54, 1.807) is 49.7 Å². The van der Waals surface area contributed by atoms with Crippen molar-refractivity contribution < 1.29 is 28.7 Å². The second-order valence-corrected chi connectivity index (χ2v) is 11.4. The predicted octanol–water partition coefficient (Wildman–Crippen LogP) is 3.16. The number of rotatable bonds is 9. The van der Waals surface area contributed by atoms with Gasteiger partial charge in [0.25, 0.3) is 5.91 Å².